The average Bonchev–Trinajstić information content (AvgIpc) is 2.26. The molecule has 0 bridgehead atoms. The van der Waals surface area contributed by atoms with Gasteiger partial charge in [0, 0.05) is 16.8 Å². The molecule has 1 atom stereocenters. The fourth-order valence-corrected chi connectivity index (χ4v) is 2.21. The van der Waals surface area contributed by atoms with E-state index in [0.717, 1.165) is 16.5 Å². The Kier molecular flexibility index (Phi) is 5.85. The zero-order chi connectivity index (χ0) is 12.0. The molecule has 1 unspecified atom stereocenters. The summed E-state index contributed by atoms with van der Waals surface area (Å²) in [5.74, 6) is 0.570. The number of nitrogens with one attached hydrogen (secondary N) is 1. The Balaban J connectivity index is 2.55. The van der Waals surface area contributed by atoms with Gasteiger partial charge in [-0.3, -0.25) is 4.79 Å². The van der Waals surface area contributed by atoms with Gasteiger partial charge in [0.25, 0.3) is 0 Å². The Morgan fingerprint density at radius 3 is 2.81 bits per heavy atom. The molecule has 1 aromatic rings. The molecule has 4 heteroatoms. The smallest absolute Gasteiger partial charge is 0.220 e. The summed E-state index contributed by atoms with van der Waals surface area (Å²) < 4.78 is 1.01. The van der Waals surface area contributed by atoms with Crippen molar-refractivity contribution >= 4 is 33.4 Å². The van der Waals surface area contributed by atoms with E-state index in [0.29, 0.717) is 12.3 Å². The maximum Gasteiger partial charge on any atom is 0.220 e. The first kappa shape index (κ1) is 13.5. The van der Waals surface area contributed by atoms with Crippen LogP contribution in [0.2, 0.25) is 0 Å². The molecule has 0 fully saturated rings. The van der Waals surface area contributed by atoms with E-state index in [1.54, 1.807) is 0 Å². The summed E-state index contributed by atoms with van der Waals surface area (Å²) >= 11 is 9.00. The summed E-state index contributed by atoms with van der Waals surface area (Å²) in [6.07, 6.45) is 1.20. The number of hydrogen-bond acceptors (Lipinski definition) is 1. The summed E-state index contributed by atoms with van der Waals surface area (Å²) in [5.41, 5.74) is 1.08. The summed E-state index contributed by atoms with van der Waals surface area (Å²) in [7, 11) is 0. The van der Waals surface area contributed by atoms with Gasteiger partial charge in [0.05, 0.1) is 6.04 Å². The van der Waals surface area contributed by atoms with E-state index in [-0.39, 0.29) is 11.9 Å². The van der Waals surface area contributed by atoms with Crippen LogP contribution in [0.5, 0.6) is 0 Å². The van der Waals surface area contributed by atoms with Gasteiger partial charge in [0.2, 0.25) is 5.91 Å². The highest BCUT2D eigenvalue weighted by Gasteiger charge is 2.11. The third-order valence-electron chi connectivity index (χ3n) is 2.29. The predicted molar refractivity (Wildman–Crippen MR) is 70.7 cm³/mol. The van der Waals surface area contributed by atoms with Crippen LogP contribution in [-0.4, -0.2) is 11.8 Å². The number of benzene rings is 1. The Bertz CT molecular complexity index is 357. The van der Waals surface area contributed by atoms with Crippen molar-refractivity contribution in [2.24, 2.45) is 0 Å². The van der Waals surface area contributed by atoms with E-state index in [2.05, 4.69) is 21.2 Å². The first-order valence-electron chi connectivity index (χ1n) is 5.25. The largest absolute Gasteiger partial charge is 0.350 e. The highest BCUT2D eigenvalue weighted by atomic mass is 79.9. The molecule has 0 aromatic heterocycles. The fourth-order valence-electron chi connectivity index (χ4n) is 1.45. The monoisotopic (exact) mass is 303 g/mol. The minimum absolute atomic E-state index is 0.0124. The number of halogens is 2. The van der Waals surface area contributed by atoms with Crippen LogP contribution in [0.25, 0.3) is 0 Å². The lowest BCUT2D eigenvalue weighted by Gasteiger charge is -2.15. The van der Waals surface area contributed by atoms with Crippen molar-refractivity contribution in [2.75, 3.05) is 5.88 Å². The van der Waals surface area contributed by atoms with Gasteiger partial charge in [0.15, 0.2) is 0 Å². The highest BCUT2D eigenvalue weighted by molar-refractivity contribution is 9.10. The van der Waals surface area contributed by atoms with Crippen LogP contribution in [-0.2, 0) is 4.79 Å². The molecule has 0 radical (unpaired) electrons. The van der Waals surface area contributed by atoms with Crippen LogP contribution in [0, 0.1) is 0 Å². The van der Waals surface area contributed by atoms with Crippen LogP contribution in [0.15, 0.2) is 28.7 Å². The van der Waals surface area contributed by atoms with E-state index in [4.69, 9.17) is 11.6 Å². The molecule has 88 valence electrons. The zero-order valence-electron chi connectivity index (χ0n) is 9.17. The van der Waals surface area contributed by atoms with Gasteiger partial charge in [-0.15, -0.1) is 11.6 Å². The molecule has 1 rings (SSSR count). The maximum absolute atomic E-state index is 11.5. The fraction of sp³-hybridized carbons (Fsp3) is 0.417. The van der Waals surface area contributed by atoms with Crippen LogP contribution in [0.1, 0.15) is 31.4 Å². The number of amides is 1. The molecular weight excluding hydrogens is 289 g/mol. The third kappa shape index (κ3) is 4.14. The van der Waals surface area contributed by atoms with Gasteiger partial charge in [-0.2, -0.15) is 0 Å². The van der Waals surface area contributed by atoms with Crippen LogP contribution in [0.3, 0.4) is 0 Å². The molecule has 16 heavy (non-hydrogen) atoms. The molecule has 0 aliphatic rings. The lowest BCUT2D eigenvalue weighted by atomic mass is 10.1. The summed E-state index contributed by atoms with van der Waals surface area (Å²) in [4.78, 5) is 11.5. The van der Waals surface area contributed by atoms with Gasteiger partial charge in [0.1, 0.15) is 0 Å². The number of hydrogen-bond donors (Lipinski definition) is 1. The predicted octanol–water partition coefficient (Wildman–Crippen LogP) is 3.65. The van der Waals surface area contributed by atoms with E-state index >= 15 is 0 Å². The second kappa shape index (κ2) is 6.92. The lowest BCUT2D eigenvalue weighted by molar-refractivity contribution is -0.121. The molecule has 0 saturated heterocycles. The number of carbonyl (C=O) groups is 1. The SMILES string of the molecule is CC(NC(=O)CCCCl)c1ccccc1Br. The Labute approximate surface area is 110 Å². The van der Waals surface area contributed by atoms with Gasteiger partial charge in [-0.05, 0) is 25.0 Å². The van der Waals surface area contributed by atoms with E-state index < -0.39 is 0 Å². The zero-order valence-corrected chi connectivity index (χ0v) is 11.5. The summed E-state index contributed by atoms with van der Waals surface area (Å²) in [6.45, 7) is 1.97. The molecule has 0 aliphatic carbocycles. The lowest BCUT2D eigenvalue weighted by Crippen LogP contribution is -2.26. The quantitative estimate of drug-likeness (QED) is 0.827. The minimum atomic E-state index is 0.0124. The molecule has 0 aliphatic heterocycles. The average molecular weight is 305 g/mol. The Morgan fingerprint density at radius 2 is 2.19 bits per heavy atom. The molecule has 0 heterocycles. The van der Waals surface area contributed by atoms with Crippen molar-refractivity contribution in [1.82, 2.24) is 5.32 Å². The summed E-state index contributed by atoms with van der Waals surface area (Å²) in [6, 6.07) is 7.89. The van der Waals surface area contributed by atoms with Crippen molar-refractivity contribution in [1.29, 1.82) is 0 Å². The van der Waals surface area contributed by atoms with Crippen LogP contribution >= 0.6 is 27.5 Å². The number of rotatable bonds is 5. The Morgan fingerprint density at radius 1 is 1.50 bits per heavy atom. The normalized spacial score (nSPS) is 12.2. The number of carbonyl (C=O) groups excluding carboxylic acids is 1. The van der Waals surface area contributed by atoms with Crippen molar-refractivity contribution in [2.45, 2.75) is 25.8 Å². The second-order valence-corrected chi connectivity index (χ2v) is 4.84. The first-order chi connectivity index (χ1) is 7.65. The Hall–Kier alpha value is -0.540. The molecular formula is C12H15BrClNO. The third-order valence-corrected chi connectivity index (χ3v) is 3.28. The maximum atomic E-state index is 11.5. The van der Waals surface area contributed by atoms with Crippen LogP contribution in [0.4, 0.5) is 0 Å². The molecule has 0 saturated carbocycles. The molecule has 0 spiro atoms. The van der Waals surface area contributed by atoms with E-state index in [1.807, 2.05) is 31.2 Å². The van der Waals surface area contributed by atoms with Crippen molar-refractivity contribution < 1.29 is 4.79 Å². The second-order valence-electron chi connectivity index (χ2n) is 3.60. The van der Waals surface area contributed by atoms with Crippen molar-refractivity contribution in [3.63, 3.8) is 0 Å². The number of alkyl halides is 1. The summed E-state index contributed by atoms with van der Waals surface area (Å²) in [5, 5.41) is 2.94. The highest BCUT2D eigenvalue weighted by Crippen LogP contribution is 2.22. The van der Waals surface area contributed by atoms with Gasteiger partial charge < -0.3 is 5.32 Å². The van der Waals surface area contributed by atoms with Gasteiger partial charge >= 0.3 is 0 Å². The molecule has 1 amide bonds. The van der Waals surface area contributed by atoms with Gasteiger partial charge in [-0.25, -0.2) is 0 Å². The van der Waals surface area contributed by atoms with Crippen LogP contribution < -0.4 is 5.32 Å². The molecule has 2 nitrogen and oxygen atoms in total. The topological polar surface area (TPSA) is 29.1 Å². The van der Waals surface area contributed by atoms with Crippen molar-refractivity contribution in [3.8, 4) is 0 Å². The molecule has 1 aromatic carbocycles. The van der Waals surface area contributed by atoms with Gasteiger partial charge in [-0.1, -0.05) is 34.1 Å². The molecule has 1 N–H and O–H groups in total. The van der Waals surface area contributed by atoms with E-state index in [1.165, 1.54) is 0 Å². The van der Waals surface area contributed by atoms with Crippen molar-refractivity contribution in [3.05, 3.63) is 34.3 Å². The minimum Gasteiger partial charge on any atom is -0.350 e. The van der Waals surface area contributed by atoms with E-state index in [9.17, 15) is 4.79 Å². The standard InChI is InChI=1S/C12H15BrClNO/c1-9(15-12(16)7-4-8-14)10-5-2-3-6-11(10)13/h2-3,5-6,9H,4,7-8H2,1H3,(H,15,16). The first-order valence-corrected chi connectivity index (χ1v) is 6.57.